The van der Waals surface area contributed by atoms with Gasteiger partial charge in [0.2, 0.25) is 0 Å². The molecule has 3 heteroatoms. The smallest absolute Gasteiger partial charge is 0.300 e. The number of nitrogens with zero attached hydrogens (tertiary/aromatic N) is 1. The molecule has 114 valence electrons. The summed E-state index contributed by atoms with van der Waals surface area (Å²) in [7, 11) is 0. The lowest BCUT2D eigenvalue weighted by Crippen LogP contribution is -2.35. The molecule has 0 aromatic carbocycles. The summed E-state index contributed by atoms with van der Waals surface area (Å²) in [5.74, 6) is 0.161. The first kappa shape index (κ1) is 18.4. The summed E-state index contributed by atoms with van der Waals surface area (Å²) < 4.78 is 0. The molecule has 0 saturated carbocycles. The molecule has 0 aliphatic carbocycles. The molecular weight excluding hydrogens is 238 g/mol. The summed E-state index contributed by atoms with van der Waals surface area (Å²) in [5.41, 5.74) is 0. The van der Waals surface area contributed by atoms with Crippen LogP contribution < -0.4 is 0 Å². The second-order valence-corrected chi connectivity index (χ2v) is 5.65. The van der Waals surface area contributed by atoms with Gasteiger partial charge in [0.1, 0.15) is 0 Å². The Balaban J connectivity index is 0.000000711. The molecule has 1 atom stereocenters. The maximum absolute atomic E-state index is 9.00. The molecule has 1 aliphatic rings. The molecule has 1 N–H and O–H groups in total. The van der Waals surface area contributed by atoms with Gasteiger partial charge in [0.25, 0.3) is 5.97 Å². The Bertz CT molecular complexity index is 215. The van der Waals surface area contributed by atoms with Crippen molar-refractivity contribution < 1.29 is 9.90 Å². The van der Waals surface area contributed by atoms with E-state index in [4.69, 9.17) is 9.90 Å². The van der Waals surface area contributed by atoms with E-state index in [-0.39, 0.29) is 0 Å². The van der Waals surface area contributed by atoms with Gasteiger partial charge in [-0.1, -0.05) is 46.0 Å². The number of piperidine rings is 1. The van der Waals surface area contributed by atoms with Crippen molar-refractivity contribution in [2.45, 2.75) is 72.1 Å². The lowest BCUT2D eigenvalue weighted by atomic mass is 9.95. The van der Waals surface area contributed by atoms with Crippen LogP contribution in [0.15, 0.2) is 0 Å². The third kappa shape index (κ3) is 12.2. The van der Waals surface area contributed by atoms with Crippen LogP contribution >= 0.6 is 0 Å². The minimum absolute atomic E-state index is 0.833. The van der Waals surface area contributed by atoms with Gasteiger partial charge in [0.15, 0.2) is 0 Å². The molecule has 3 nitrogen and oxygen atoms in total. The Morgan fingerprint density at radius 1 is 1.21 bits per heavy atom. The molecule has 1 heterocycles. The number of carbonyl (C=O) groups is 1. The molecule has 0 radical (unpaired) electrons. The van der Waals surface area contributed by atoms with Crippen molar-refractivity contribution >= 4 is 5.97 Å². The topological polar surface area (TPSA) is 40.5 Å². The highest BCUT2D eigenvalue weighted by Crippen LogP contribution is 2.19. The van der Waals surface area contributed by atoms with Crippen molar-refractivity contribution in [3.8, 4) is 0 Å². The van der Waals surface area contributed by atoms with Crippen molar-refractivity contribution in [2.24, 2.45) is 5.92 Å². The highest BCUT2D eigenvalue weighted by Gasteiger charge is 2.17. The summed E-state index contributed by atoms with van der Waals surface area (Å²) in [6, 6.07) is 0. The average molecular weight is 271 g/mol. The summed E-state index contributed by atoms with van der Waals surface area (Å²) >= 11 is 0. The fraction of sp³-hybridized carbons (Fsp3) is 0.938. The number of hydrogen-bond acceptors (Lipinski definition) is 2. The normalized spacial score (nSPS) is 19.6. The van der Waals surface area contributed by atoms with E-state index in [1.807, 2.05) is 0 Å². The van der Waals surface area contributed by atoms with E-state index in [0.717, 1.165) is 12.8 Å². The zero-order chi connectivity index (χ0) is 14.5. The fourth-order valence-corrected chi connectivity index (χ4v) is 2.63. The maximum Gasteiger partial charge on any atom is 0.300 e. The number of unbranched alkanes of at least 4 members (excludes halogenated alkanes) is 4. The number of rotatable bonds is 7. The standard InChI is InChI=1S/C14H29N.C2H4O2/c1-3-5-6-7-8-11-15-12-9-10-14(4-2)13-15;1-2(3)4/h14H,3-13H2,1-2H3;1H3,(H,3,4). The molecule has 0 bridgehead atoms. The first-order valence-corrected chi connectivity index (χ1v) is 8.02. The minimum atomic E-state index is -0.833. The minimum Gasteiger partial charge on any atom is -0.481 e. The highest BCUT2D eigenvalue weighted by molar-refractivity contribution is 5.62. The first-order valence-electron chi connectivity index (χ1n) is 8.02. The van der Waals surface area contributed by atoms with Gasteiger partial charge in [-0.05, 0) is 38.3 Å². The number of hydrogen-bond donors (Lipinski definition) is 1. The van der Waals surface area contributed by atoms with Gasteiger partial charge in [0, 0.05) is 13.5 Å². The molecule has 1 rings (SSSR count). The molecule has 19 heavy (non-hydrogen) atoms. The summed E-state index contributed by atoms with van der Waals surface area (Å²) in [6.07, 6.45) is 11.4. The quantitative estimate of drug-likeness (QED) is 0.706. The molecule has 0 amide bonds. The van der Waals surface area contributed by atoms with Crippen LogP contribution in [0.5, 0.6) is 0 Å². The molecule has 1 fully saturated rings. The monoisotopic (exact) mass is 271 g/mol. The van der Waals surface area contributed by atoms with Crippen molar-refractivity contribution in [3.05, 3.63) is 0 Å². The van der Waals surface area contributed by atoms with E-state index in [0.29, 0.717) is 0 Å². The van der Waals surface area contributed by atoms with Gasteiger partial charge in [0.05, 0.1) is 0 Å². The number of likely N-dealkylation sites (tertiary alicyclic amines) is 1. The van der Waals surface area contributed by atoms with Crippen LogP contribution in [0.25, 0.3) is 0 Å². The maximum atomic E-state index is 9.00. The van der Waals surface area contributed by atoms with Crippen LogP contribution in [0.3, 0.4) is 0 Å². The summed E-state index contributed by atoms with van der Waals surface area (Å²) in [4.78, 5) is 11.7. The molecule has 1 aliphatic heterocycles. The zero-order valence-corrected chi connectivity index (χ0v) is 13.2. The lowest BCUT2D eigenvalue weighted by Gasteiger charge is -2.32. The zero-order valence-electron chi connectivity index (χ0n) is 13.2. The SMILES string of the molecule is CC(=O)O.CCCCCCCN1CCCC(CC)C1. The fourth-order valence-electron chi connectivity index (χ4n) is 2.63. The van der Waals surface area contributed by atoms with Gasteiger partial charge >= 0.3 is 0 Å². The van der Waals surface area contributed by atoms with Gasteiger partial charge < -0.3 is 10.0 Å². The predicted octanol–water partition coefficient (Wildman–Crippen LogP) is 4.17. The molecular formula is C16H33NO2. The number of carboxylic acids is 1. The van der Waals surface area contributed by atoms with E-state index >= 15 is 0 Å². The molecule has 0 aromatic rings. The Morgan fingerprint density at radius 3 is 2.42 bits per heavy atom. The average Bonchev–Trinajstić information content (AvgIpc) is 2.38. The van der Waals surface area contributed by atoms with E-state index in [9.17, 15) is 0 Å². The largest absolute Gasteiger partial charge is 0.481 e. The molecule has 1 unspecified atom stereocenters. The third-order valence-corrected chi connectivity index (χ3v) is 3.76. The van der Waals surface area contributed by atoms with Crippen molar-refractivity contribution in [2.75, 3.05) is 19.6 Å². The van der Waals surface area contributed by atoms with Crippen LogP contribution in [-0.2, 0) is 4.79 Å². The van der Waals surface area contributed by atoms with E-state index in [1.54, 1.807) is 0 Å². The molecule has 1 saturated heterocycles. The van der Waals surface area contributed by atoms with Gasteiger partial charge in [-0.2, -0.15) is 0 Å². The second-order valence-electron chi connectivity index (χ2n) is 5.65. The summed E-state index contributed by atoms with van der Waals surface area (Å²) in [5, 5.41) is 7.42. The Morgan fingerprint density at radius 2 is 1.84 bits per heavy atom. The van der Waals surface area contributed by atoms with Crippen molar-refractivity contribution in [1.82, 2.24) is 4.90 Å². The van der Waals surface area contributed by atoms with Crippen LogP contribution in [0.1, 0.15) is 72.1 Å². The number of carboxylic acid groups (broad SMARTS) is 1. The van der Waals surface area contributed by atoms with Crippen LogP contribution in [0.2, 0.25) is 0 Å². The summed E-state index contributed by atoms with van der Waals surface area (Å²) in [6.45, 7) is 9.82. The Labute approximate surface area is 119 Å². The Kier molecular flexibility index (Phi) is 12.1. The van der Waals surface area contributed by atoms with Gasteiger partial charge in [-0.25, -0.2) is 0 Å². The Hall–Kier alpha value is -0.570. The van der Waals surface area contributed by atoms with Crippen molar-refractivity contribution in [1.29, 1.82) is 0 Å². The second kappa shape index (κ2) is 12.5. The van der Waals surface area contributed by atoms with E-state index in [2.05, 4.69) is 18.7 Å². The van der Waals surface area contributed by atoms with Gasteiger partial charge in [-0.15, -0.1) is 0 Å². The lowest BCUT2D eigenvalue weighted by molar-refractivity contribution is -0.134. The van der Waals surface area contributed by atoms with Gasteiger partial charge in [-0.3, -0.25) is 4.79 Å². The molecule has 0 aromatic heterocycles. The van der Waals surface area contributed by atoms with Crippen LogP contribution in [0.4, 0.5) is 0 Å². The van der Waals surface area contributed by atoms with E-state index < -0.39 is 5.97 Å². The molecule has 0 spiro atoms. The predicted molar refractivity (Wildman–Crippen MR) is 81.5 cm³/mol. The number of aliphatic carboxylic acids is 1. The van der Waals surface area contributed by atoms with Crippen LogP contribution in [0, 0.1) is 5.92 Å². The first-order chi connectivity index (χ1) is 9.10. The highest BCUT2D eigenvalue weighted by atomic mass is 16.4. The third-order valence-electron chi connectivity index (χ3n) is 3.76. The van der Waals surface area contributed by atoms with E-state index in [1.165, 1.54) is 71.0 Å². The van der Waals surface area contributed by atoms with Crippen molar-refractivity contribution in [3.63, 3.8) is 0 Å². The van der Waals surface area contributed by atoms with Crippen LogP contribution in [-0.4, -0.2) is 35.6 Å².